The van der Waals surface area contributed by atoms with E-state index in [2.05, 4.69) is 15.5 Å². The third-order valence-corrected chi connectivity index (χ3v) is 6.57. The molecule has 1 aromatic heterocycles. The molecule has 1 fully saturated rings. The maximum Gasteiger partial charge on any atom is 0.277 e. The zero-order valence-electron chi connectivity index (χ0n) is 14.2. The number of anilines is 1. The first-order chi connectivity index (χ1) is 12.4. The molecule has 0 spiro atoms. The van der Waals surface area contributed by atoms with Gasteiger partial charge >= 0.3 is 0 Å². The standard InChI is InChI=1S/C16H19N3O5S2/c1-23-13-4-2-3-12(8-13)17-14(20)9-25-16-19-18-15(24-16)7-11-5-6-26(21,22)10-11/h2-4,8,11H,5-7,9-10H2,1H3,(H,17,20)/t11-/m1/s1. The van der Waals surface area contributed by atoms with Crippen molar-refractivity contribution in [2.75, 3.05) is 29.7 Å². The summed E-state index contributed by atoms with van der Waals surface area (Å²) in [5.74, 6) is 1.39. The Labute approximate surface area is 155 Å². The number of nitrogens with zero attached hydrogens (tertiary/aromatic N) is 2. The highest BCUT2D eigenvalue weighted by Gasteiger charge is 2.29. The number of hydrogen-bond donors (Lipinski definition) is 1. The van der Waals surface area contributed by atoms with Crippen LogP contribution in [0.2, 0.25) is 0 Å². The Morgan fingerprint density at radius 3 is 3.00 bits per heavy atom. The van der Waals surface area contributed by atoms with E-state index in [4.69, 9.17) is 9.15 Å². The first-order valence-corrected chi connectivity index (χ1v) is 10.8. The largest absolute Gasteiger partial charge is 0.497 e. The van der Waals surface area contributed by atoms with E-state index in [1.165, 1.54) is 0 Å². The van der Waals surface area contributed by atoms with Gasteiger partial charge in [0.2, 0.25) is 11.8 Å². The van der Waals surface area contributed by atoms with E-state index in [9.17, 15) is 13.2 Å². The number of rotatable bonds is 7. The molecule has 10 heteroatoms. The maximum absolute atomic E-state index is 12.0. The summed E-state index contributed by atoms with van der Waals surface area (Å²) in [6, 6.07) is 7.07. The molecule has 0 aliphatic carbocycles. The highest BCUT2D eigenvalue weighted by Crippen LogP contribution is 2.24. The van der Waals surface area contributed by atoms with Crippen molar-refractivity contribution in [3.8, 4) is 5.75 Å². The fraction of sp³-hybridized carbons (Fsp3) is 0.438. The Hall–Kier alpha value is -2.07. The lowest BCUT2D eigenvalue weighted by Gasteiger charge is -2.06. The van der Waals surface area contributed by atoms with E-state index in [-0.39, 0.29) is 29.1 Å². The quantitative estimate of drug-likeness (QED) is 0.704. The summed E-state index contributed by atoms with van der Waals surface area (Å²) in [5.41, 5.74) is 0.642. The Morgan fingerprint density at radius 2 is 2.27 bits per heavy atom. The Balaban J connectivity index is 1.47. The van der Waals surface area contributed by atoms with Gasteiger partial charge in [-0.05, 0) is 24.5 Å². The van der Waals surface area contributed by atoms with Crippen molar-refractivity contribution in [3.05, 3.63) is 30.2 Å². The van der Waals surface area contributed by atoms with Gasteiger partial charge in [-0.2, -0.15) is 0 Å². The van der Waals surface area contributed by atoms with E-state index in [0.29, 0.717) is 35.4 Å². The van der Waals surface area contributed by atoms with Gasteiger partial charge in [0.15, 0.2) is 9.84 Å². The Kier molecular flexibility index (Phi) is 5.82. The van der Waals surface area contributed by atoms with Gasteiger partial charge in [0.25, 0.3) is 5.22 Å². The molecule has 3 rings (SSSR count). The van der Waals surface area contributed by atoms with Crippen LogP contribution in [0.5, 0.6) is 5.75 Å². The van der Waals surface area contributed by atoms with Crippen LogP contribution in [0.1, 0.15) is 12.3 Å². The van der Waals surface area contributed by atoms with Crippen LogP contribution in [0.25, 0.3) is 0 Å². The summed E-state index contributed by atoms with van der Waals surface area (Å²) in [6.07, 6.45) is 1.07. The molecule has 1 saturated heterocycles. The minimum Gasteiger partial charge on any atom is -0.497 e. The summed E-state index contributed by atoms with van der Waals surface area (Å²) in [5, 5.41) is 10.9. The lowest BCUT2D eigenvalue weighted by molar-refractivity contribution is -0.113. The lowest BCUT2D eigenvalue weighted by atomic mass is 10.1. The van der Waals surface area contributed by atoms with Crippen LogP contribution in [-0.4, -0.2) is 48.9 Å². The predicted molar refractivity (Wildman–Crippen MR) is 97.1 cm³/mol. The van der Waals surface area contributed by atoms with E-state index in [1.54, 1.807) is 31.4 Å². The number of ether oxygens (including phenoxy) is 1. The van der Waals surface area contributed by atoms with Gasteiger partial charge in [0.05, 0.1) is 24.4 Å². The molecule has 2 aromatic rings. The van der Waals surface area contributed by atoms with Crippen LogP contribution in [0, 0.1) is 5.92 Å². The second-order valence-electron chi connectivity index (χ2n) is 6.00. The molecule has 1 aliphatic rings. The fourth-order valence-corrected chi connectivity index (χ4v) is 5.13. The number of amides is 1. The molecule has 0 unspecified atom stereocenters. The Bertz CT molecular complexity index is 882. The number of carbonyl (C=O) groups is 1. The monoisotopic (exact) mass is 397 g/mol. The number of carbonyl (C=O) groups excluding carboxylic acids is 1. The number of sulfone groups is 1. The summed E-state index contributed by atoms with van der Waals surface area (Å²) >= 11 is 1.13. The van der Waals surface area contributed by atoms with Gasteiger partial charge in [-0.25, -0.2) is 8.42 Å². The Morgan fingerprint density at radius 1 is 1.42 bits per heavy atom. The van der Waals surface area contributed by atoms with Crippen LogP contribution in [0.3, 0.4) is 0 Å². The van der Waals surface area contributed by atoms with Crippen molar-refractivity contribution in [3.63, 3.8) is 0 Å². The smallest absolute Gasteiger partial charge is 0.277 e. The lowest BCUT2D eigenvalue weighted by Crippen LogP contribution is -2.13. The van der Waals surface area contributed by atoms with Crippen LogP contribution >= 0.6 is 11.8 Å². The molecule has 2 heterocycles. The van der Waals surface area contributed by atoms with Crippen molar-refractivity contribution >= 4 is 33.2 Å². The van der Waals surface area contributed by atoms with Crippen molar-refractivity contribution in [1.29, 1.82) is 0 Å². The fourth-order valence-electron chi connectivity index (χ4n) is 2.68. The topological polar surface area (TPSA) is 111 Å². The van der Waals surface area contributed by atoms with Gasteiger partial charge in [0.1, 0.15) is 5.75 Å². The zero-order valence-corrected chi connectivity index (χ0v) is 15.8. The van der Waals surface area contributed by atoms with Crippen LogP contribution < -0.4 is 10.1 Å². The van der Waals surface area contributed by atoms with Crippen molar-refractivity contribution in [2.24, 2.45) is 5.92 Å². The molecule has 140 valence electrons. The molecular weight excluding hydrogens is 378 g/mol. The molecule has 0 bridgehead atoms. The number of methoxy groups -OCH3 is 1. The molecule has 0 saturated carbocycles. The molecule has 1 amide bonds. The van der Waals surface area contributed by atoms with E-state index in [1.807, 2.05) is 0 Å². The van der Waals surface area contributed by atoms with Gasteiger partial charge in [-0.3, -0.25) is 4.79 Å². The number of thioether (sulfide) groups is 1. The second-order valence-corrected chi connectivity index (χ2v) is 9.16. The average molecular weight is 397 g/mol. The van der Waals surface area contributed by atoms with E-state index >= 15 is 0 Å². The molecular formula is C16H19N3O5S2. The molecule has 1 atom stereocenters. The predicted octanol–water partition coefficient (Wildman–Crippen LogP) is 1.79. The normalized spacial score (nSPS) is 18.6. The van der Waals surface area contributed by atoms with Crippen molar-refractivity contribution in [2.45, 2.75) is 18.1 Å². The maximum atomic E-state index is 12.0. The van der Waals surface area contributed by atoms with Gasteiger partial charge in [0, 0.05) is 18.2 Å². The van der Waals surface area contributed by atoms with Crippen molar-refractivity contribution < 1.29 is 22.4 Å². The highest BCUT2D eigenvalue weighted by molar-refractivity contribution is 7.99. The molecule has 1 aromatic carbocycles. The first kappa shape index (κ1) is 18.7. The van der Waals surface area contributed by atoms with Crippen LogP contribution in [0.4, 0.5) is 5.69 Å². The third kappa shape index (κ3) is 5.21. The summed E-state index contributed by atoms with van der Waals surface area (Å²) in [4.78, 5) is 12.0. The number of benzene rings is 1. The number of nitrogens with one attached hydrogen (secondary N) is 1. The average Bonchev–Trinajstić information content (AvgIpc) is 3.19. The van der Waals surface area contributed by atoms with E-state index < -0.39 is 9.84 Å². The SMILES string of the molecule is COc1cccc(NC(=O)CSc2nnc(C[C@H]3CCS(=O)(=O)C3)o2)c1. The summed E-state index contributed by atoms with van der Waals surface area (Å²) in [6.45, 7) is 0. The van der Waals surface area contributed by atoms with Crippen LogP contribution in [-0.2, 0) is 21.1 Å². The first-order valence-electron chi connectivity index (χ1n) is 8.03. The summed E-state index contributed by atoms with van der Waals surface area (Å²) < 4.78 is 33.6. The third-order valence-electron chi connectivity index (χ3n) is 3.92. The minimum absolute atomic E-state index is 0.0228. The molecule has 8 nitrogen and oxygen atoms in total. The van der Waals surface area contributed by atoms with Gasteiger partial charge in [-0.1, -0.05) is 17.8 Å². The molecule has 1 aliphatic heterocycles. The second kappa shape index (κ2) is 8.09. The number of aromatic nitrogens is 2. The van der Waals surface area contributed by atoms with Crippen LogP contribution in [0.15, 0.2) is 33.9 Å². The van der Waals surface area contributed by atoms with Gasteiger partial charge < -0.3 is 14.5 Å². The minimum atomic E-state index is -2.92. The van der Waals surface area contributed by atoms with Crippen molar-refractivity contribution in [1.82, 2.24) is 10.2 Å². The highest BCUT2D eigenvalue weighted by atomic mass is 32.2. The molecule has 26 heavy (non-hydrogen) atoms. The van der Waals surface area contributed by atoms with Gasteiger partial charge in [-0.15, -0.1) is 10.2 Å². The summed E-state index contributed by atoms with van der Waals surface area (Å²) in [7, 11) is -1.36. The zero-order chi connectivity index (χ0) is 18.6. The number of hydrogen-bond acceptors (Lipinski definition) is 8. The molecule has 1 N–H and O–H groups in total. The molecule has 0 radical (unpaired) electrons. The van der Waals surface area contributed by atoms with E-state index in [0.717, 1.165) is 11.8 Å².